The molecule has 0 radical (unpaired) electrons. The van der Waals surface area contributed by atoms with Crippen molar-refractivity contribution in [3.8, 4) is 0 Å². The molecule has 0 amide bonds. The smallest absolute Gasteiger partial charge is 0.0793 e. The van der Waals surface area contributed by atoms with E-state index in [1.54, 1.807) is 12.4 Å². The van der Waals surface area contributed by atoms with Crippen LogP contribution in [-0.2, 0) is 55.0 Å². The second-order valence-electron chi connectivity index (χ2n) is 7.09. The van der Waals surface area contributed by atoms with E-state index in [0.29, 0.717) is 6.42 Å². The molecule has 0 fully saturated rings. The van der Waals surface area contributed by atoms with Gasteiger partial charge in [-0.05, 0) is 55.5 Å². The van der Waals surface area contributed by atoms with Gasteiger partial charge < -0.3 is 23.1 Å². The first-order chi connectivity index (χ1) is 15.6. The summed E-state index contributed by atoms with van der Waals surface area (Å²) < 4.78 is 0. The Bertz CT molecular complexity index is 746. The number of pyridine rings is 2. The van der Waals surface area contributed by atoms with Gasteiger partial charge in [0.05, 0.1) is 6.10 Å². The number of hydrogen-bond acceptors (Lipinski definition) is 4. The fraction of sp³-hybridized carbons (Fsp3) is 0.357. The topological polar surface area (TPSA) is 66.2 Å². The monoisotopic (exact) mass is 804 g/mol. The second kappa shape index (κ2) is 28.1. The van der Waals surface area contributed by atoms with Crippen LogP contribution < -0.4 is 0 Å². The van der Waals surface area contributed by atoms with Crippen LogP contribution in [0.4, 0.5) is 0 Å². The maximum absolute atomic E-state index is 9.95. The van der Waals surface area contributed by atoms with Gasteiger partial charge in [0, 0.05) is 72.5 Å². The Morgan fingerprint density at radius 1 is 0.706 bits per heavy atom. The first-order valence-electron chi connectivity index (χ1n) is 11.2. The van der Waals surface area contributed by atoms with Gasteiger partial charge in [-0.2, -0.15) is 27.7 Å². The van der Waals surface area contributed by atoms with Gasteiger partial charge in [0.25, 0.3) is 0 Å². The number of aryl methyl sites for hydroxylation is 2. The maximum atomic E-state index is 9.95. The van der Waals surface area contributed by atoms with Gasteiger partial charge in [-0.25, -0.2) is 0 Å². The summed E-state index contributed by atoms with van der Waals surface area (Å²) in [6, 6.07) is 21.4. The predicted octanol–water partition coefficient (Wildman–Crippen LogP) is 6.21. The van der Waals surface area contributed by atoms with Crippen molar-refractivity contribution in [1.29, 1.82) is 0 Å². The normalized spacial score (nSPS) is 9.71. The summed E-state index contributed by atoms with van der Waals surface area (Å²) in [5, 5.41) is 18.5. The summed E-state index contributed by atoms with van der Waals surface area (Å²) in [6.07, 6.45) is 10.3. The number of hydrogen-bond donors (Lipinski definition) is 2. The molecule has 2 heterocycles. The molecular formula is C28H40N2O2W2-2. The third kappa shape index (κ3) is 21.4. The van der Waals surface area contributed by atoms with Crippen molar-refractivity contribution in [3.05, 3.63) is 109 Å². The molecule has 2 N–H and O–H groups in total. The molecule has 0 bridgehead atoms. The Kier molecular flexibility index (Phi) is 30.8. The molecule has 1 aromatic carbocycles. The zero-order chi connectivity index (χ0) is 23.9. The number of nitrogens with zero attached hydrogens (tertiary/aromatic N) is 2. The molecule has 0 aliphatic rings. The minimum atomic E-state index is -0.400. The molecule has 0 aliphatic heterocycles. The first kappa shape index (κ1) is 37.4. The van der Waals surface area contributed by atoms with Gasteiger partial charge in [-0.15, -0.1) is 0 Å². The molecule has 4 nitrogen and oxygen atoms in total. The summed E-state index contributed by atoms with van der Waals surface area (Å²) in [6.45, 7) is 8.25. The van der Waals surface area contributed by atoms with E-state index >= 15 is 0 Å². The molecule has 0 spiro atoms. The standard InChI is InChI=1S/C14H15NO.C8H11NO.2C3H7.2W/c16-14(12-6-2-1-3-7-12)10-9-13-8-4-5-11-15-13;10-7-3-5-8-4-1-2-6-9-8;2*1-3-2;;/h1-8,11,14,16H,9-10H2;1-2,4,6,10H,3,5,7H2;2*3H,1-2H3;;/q;;2*-1;;. The van der Waals surface area contributed by atoms with E-state index < -0.39 is 6.10 Å². The number of aliphatic hydroxyl groups excluding tert-OH is 2. The van der Waals surface area contributed by atoms with Gasteiger partial charge in [-0.1, -0.05) is 42.5 Å². The molecule has 0 saturated heterocycles. The molecule has 1 unspecified atom stereocenters. The van der Waals surface area contributed by atoms with E-state index in [2.05, 4.69) is 9.97 Å². The SMILES string of the molecule is C[CH-]C.C[CH-]C.OC(CCc1ccccn1)c1ccccc1.OCCCc1ccccn1.[W].[W]. The third-order valence-electron chi connectivity index (χ3n) is 3.90. The molecule has 0 saturated carbocycles. The average molecular weight is 804 g/mol. The summed E-state index contributed by atoms with van der Waals surface area (Å²) in [5.41, 5.74) is 3.05. The Morgan fingerprint density at radius 2 is 1.15 bits per heavy atom. The zero-order valence-corrected chi connectivity index (χ0v) is 26.7. The number of rotatable bonds is 7. The Morgan fingerprint density at radius 3 is 1.56 bits per heavy atom. The van der Waals surface area contributed by atoms with Crippen LogP contribution in [-0.4, -0.2) is 26.8 Å². The van der Waals surface area contributed by atoms with E-state index in [9.17, 15) is 5.11 Å². The van der Waals surface area contributed by atoms with E-state index in [4.69, 9.17) is 5.11 Å². The van der Waals surface area contributed by atoms with Gasteiger partial charge in [-0.3, -0.25) is 9.97 Å². The average Bonchev–Trinajstić information content (AvgIpc) is 2.84. The number of benzene rings is 1. The molecule has 1 atom stereocenters. The van der Waals surface area contributed by atoms with Crippen molar-refractivity contribution in [2.75, 3.05) is 6.61 Å². The summed E-state index contributed by atoms with van der Waals surface area (Å²) >= 11 is 0. The van der Waals surface area contributed by atoms with Crippen LogP contribution in [0.1, 0.15) is 63.6 Å². The van der Waals surface area contributed by atoms with Crippen molar-refractivity contribution in [2.45, 2.75) is 59.5 Å². The van der Waals surface area contributed by atoms with Crippen LogP contribution in [0.25, 0.3) is 0 Å². The minimum absolute atomic E-state index is 0. The van der Waals surface area contributed by atoms with Crippen LogP contribution in [0.3, 0.4) is 0 Å². The number of aromatic nitrogens is 2. The molecule has 3 rings (SSSR count). The molecule has 34 heavy (non-hydrogen) atoms. The zero-order valence-electron chi connectivity index (χ0n) is 20.9. The van der Waals surface area contributed by atoms with Crippen LogP contribution in [0, 0.1) is 12.8 Å². The third-order valence-corrected chi connectivity index (χ3v) is 3.90. The molecular weight excluding hydrogens is 764 g/mol. The molecule has 0 aliphatic carbocycles. The van der Waals surface area contributed by atoms with Crippen molar-refractivity contribution in [2.24, 2.45) is 0 Å². The summed E-state index contributed by atoms with van der Waals surface area (Å²) in [5.74, 6) is 0. The van der Waals surface area contributed by atoms with Crippen LogP contribution in [0.2, 0.25) is 0 Å². The van der Waals surface area contributed by atoms with Crippen molar-refractivity contribution in [1.82, 2.24) is 9.97 Å². The van der Waals surface area contributed by atoms with Gasteiger partial charge >= 0.3 is 0 Å². The summed E-state index contributed by atoms with van der Waals surface area (Å²) in [7, 11) is 0. The number of aliphatic hydroxyl groups is 2. The van der Waals surface area contributed by atoms with Crippen LogP contribution >= 0.6 is 0 Å². The van der Waals surface area contributed by atoms with Gasteiger partial charge in [0.1, 0.15) is 0 Å². The Balaban J connectivity index is -0.000000462. The summed E-state index contributed by atoms with van der Waals surface area (Å²) in [4.78, 5) is 8.34. The van der Waals surface area contributed by atoms with Gasteiger partial charge in [0.15, 0.2) is 0 Å². The van der Waals surface area contributed by atoms with E-state index in [0.717, 1.165) is 36.2 Å². The van der Waals surface area contributed by atoms with Crippen LogP contribution in [0.15, 0.2) is 79.1 Å². The quantitative estimate of drug-likeness (QED) is 0.279. The fourth-order valence-electron chi connectivity index (χ4n) is 2.48. The largest absolute Gasteiger partial charge is 0.396 e. The fourth-order valence-corrected chi connectivity index (χ4v) is 2.48. The molecule has 188 valence electrons. The van der Waals surface area contributed by atoms with Crippen molar-refractivity contribution in [3.63, 3.8) is 0 Å². The van der Waals surface area contributed by atoms with Crippen LogP contribution in [0.5, 0.6) is 0 Å². The maximum Gasteiger partial charge on any atom is 0.0793 e. The van der Waals surface area contributed by atoms with E-state index in [-0.39, 0.29) is 48.7 Å². The molecule has 2 aromatic heterocycles. The Hall–Kier alpha value is -1.18. The predicted molar refractivity (Wildman–Crippen MR) is 135 cm³/mol. The molecule has 3 aromatic rings. The second-order valence-corrected chi connectivity index (χ2v) is 7.09. The Labute approximate surface area is 236 Å². The van der Waals surface area contributed by atoms with Crippen molar-refractivity contribution < 1.29 is 52.3 Å². The minimum Gasteiger partial charge on any atom is -0.396 e. The van der Waals surface area contributed by atoms with E-state index in [1.165, 1.54) is 0 Å². The molecule has 6 heteroatoms. The van der Waals surface area contributed by atoms with E-state index in [1.807, 2.05) is 107 Å². The van der Waals surface area contributed by atoms with Crippen molar-refractivity contribution >= 4 is 0 Å². The first-order valence-corrected chi connectivity index (χ1v) is 11.2. The van der Waals surface area contributed by atoms with Gasteiger partial charge in [0.2, 0.25) is 0 Å².